The van der Waals surface area contributed by atoms with Gasteiger partial charge in [0.25, 0.3) is 0 Å². The lowest BCUT2D eigenvalue weighted by molar-refractivity contribution is -0.137. The second kappa shape index (κ2) is 11.7. The van der Waals surface area contributed by atoms with Crippen molar-refractivity contribution >= 4 is 43.1 Å². The average Bonchev–Trinajstić information content (AvgIpc) is 3.69. The number of fused-ring (bicyclic) bond motifs is 3. The van der Waals surface area contributed by atoms with Crippen molar-refractivity contribution in [2.45, 2.75) is 56.0 Å². The van der Waals surface area contributed by atoms with Crippen LogP contribution in [0.2, 0.25) is 0 Å². The minimum absolute atomic E-state index is 0.0206. The molecule has 0 amide bonds. The van der Waals surface area contributed by atoms with Gasteiger partial charge in [-0.15, -0.1) is 11.3 Å². The van der Waals surface area contributed by atoms with E-state index in [1.54, 1.807) is 11.9 Å². The highest BCUT2D eigenvalue weighted by atomic mass is 32.1. The van der Waals surface area contributed by atoms with E-state index >= 15 is 4.39 Å². The predicted octanol–water partition coefficient (Wildman–Crippen LogP) is 6.83. The van der Waals surface area contributed by atoms with Crippen LogP contribution in [0.4, 0.5) is 37.2 Å². The molecule has 0 saturated carbocycles. The molecule has 2 atom stereocenters. The number of anilines is 2. The highest BCUT2D eigenvalue weighted by molar-refractivity contribution is 7.23. The fourth-order valence-electron chi connectivity index (χ4n) is 7.41. The van der Waals surface area contributed by atoms with Crippen LogP contribution < -0.4 is 15.4 Å². The Kier molecular flexibility index (Phi) is 7.88. The van der Waals surface area contributed by atoms with E-state index < -0.39 is 46.2 Å². The van der Waals surface area contributed by atoms with Crippen molar-refractivity contribution in [1.29, 1.82) is 5.26 Å². The van der Waals surface area contributed by atoms with Gasteiger partial charge in [-0.1, -0.05) is 6.07 Å². The van der Waals surface area contributed by atoms with Gasteiger partial charge >= 0.3 is 12.2 Å². The standard InChI is InChI=1S/C32H30F6N6O2S/c1-43(17-5-9-45-10-6-17)29-19-11-21(32(36,37)38)24(18-3-4-22(34)27-23(18)20(13-39)28(40)47-27)25(35)26(19)41-30(42-29)46-15-31-7-2-8-44(31)14-16(33)12-31/h3-4,11,16-17H,2,5-10,12,14-15,40H2,1H3. The van der Waals surface area contributed by atoms with Gasteiger partial charge in [-0.05, 0) is 49.9 Å². The topological polar surface area (TPSA) is 101 Å². The lowest BCUT2D eigenvalue weighted by Crippen LogP contribution is -2.43. The molecule has 5 heterocycles. The quantitative estimate of drug-likeness (QED) is 0.222. The highest BCUT2D eigenvalue weighted by Gasteiger charge is 2.49. The summed E-state index contributed by atoms with van der Waals surface area (Å²) in [7, 11) is 1.67. The van der Waals surface area contributed by atoms with Crippen LogP contribution in [-0.4, -0.2) is 72.6 Å². The molecule has 2 unspecified atom stereocenters. The normalized spacial score (nSPS) is 22.2. The second-order valence-electron chi connectivity index (χ2n) is 12.4. The number of nitrogens with zero attached hydrogens (tertiary/aromatic N) is 5. The van der Waals surface area contributed by atoms with E-state index in [-0.39, 0.29) is 69.0 Å². The van der Waals surface area contributed by atoms with E-state index in [0.717, 1.165) is 24.6 Å². The van der Waals surface area contributed by atoms with Gasteiger partial charge < -0.3 is 20.1 Å². The molecular formula is C32H30F6N6O2S. The maximum Gasteiger partial charge on any atom is 0.417 e. The Hall–Kier alpha value is -3.87. The Morgan fingerprint density at radius 3 is 2.72 bits per heavy atom. The molecule has 7 rings (SSSR count). The van der Waals surface area contributed by atoms with Crippen molar-refractivity contribution in [2.75, 3.05) is 50.6 Å². The number of nitrogen functional groups attached to an aromatic ring is 1. The summed E-state index contributed by atoms with van der Waals surface area (Å²) in [5.74, 6) is -2.11. The summed E-state index contributed by atoms with van der Waals surface area (Å²) in [6.07, 6.45) is -3.17. The summed E-state index contributed by atoms with van der Waals surface area (Å²) < 4.78 is 102. The number of ether oxygens (including phenoxy) is 2. The van der Waals surface area contributed by atoms with Gasteiger partial charge in [0.15, 0.2) is 5.82 Å². The molecule has 15 heteroatoms. The molecule has 0 spiro atoms. The van der Waals surface area contributed by atoms with E-state index in [9.17, 15) is 27.2 Å². The summed E-state index contributed by atoms with van der Waals surface area (Å²) in [5.41, 5.74) is 2.08. The van der Waals surface area contributed by atoms with Gasteiger partial charge in [-0.3, -0.25) is 4.90 Å². The number of alkyl halides is 4. The maximum atomic E-state index is 16.9. The molecule has 2 aromatic carbocycles. The zero-order valence-corrected chi connectivity index (χ0v) is 26.1. The third kappa shape index (κ3) is 5.30. The summed E-state index contributed by atoms with van der Waals surface area (Å²) in [6.45, 7) is 1.88. The van der Waals surface area contributed by atoms with Crippen molar-refractivity contribution in [3.8, 4) is 23.2 Å². The third-order valence-corrected chi connectivity index (χ3v) is 10.7. The van der Waals surface area contributed by atoms with Crippen molar-refractivity contribution in [3.63, 3.8) is 0 Å². The molecule has 0 aliphatic carbocycles. The fourth-order valence-corrected chi connectivity index (χ4v) is 8.36. The number of hydrogen-bond donors (Lipinski definition) is 1. The smallest absolute Gasteiger partial charge is 0.417 e. The minimum Gasteiger partial charge on any atom is -0.461 e. The zero-order chi connectivity index (χ0) is 33.2. The van der Waals surface area contributed by atoms with E-state index in [4.69, 9.17) is 15.2 Å². The Balaban J connectivity index is 1.45. The second-order valence-corrected chi connectivity index (χ2v) is 13.5. The molecule has 4 aromatic rings. The molecule has 3 aliphatic rings. The SMILES string of the molecule is CN(c1nc(OCC23CCCN2CC(F)C3)nc2c(F)c(-c3ccc(F)c4sc(N)c(C#N)c34)c(C(F)(F)F)cc12)C1CCOCC1. The fraction of sp³-hybridized carbons (Fsp3) is 0.469. The molecule has 3 aliphatic heterocycles. The third-order valence-electron chi connectivity index (χ3n) is 9.70. The summed E-state index contributed by atoms with van der Waals surface area (Å²) in [5, 5.41) is 9.26. The Bertz CT molecular complexity index is 1920. The molecule has 3 fully saturated rings. The van der Waals surface area contributed by atoms with Gasteiger partial charge in [0, 0.05) is 55.6 Å². The largest absolute Gasteiger partial charge is 0.461 e. The van der Waals surface area contributed by atoms with Crippen molar-refractivity contribution in [1.82, 2.24) is 14.9 Å². The molecule has 3 saturated heterocycles. The molecule has 2 N–H and O–H groups in total. The lowest BCUT2D eigenvalue weighted by Gasteiger charge is -2.33. The Morgan fingerprint density at radius 2 is 2.00 bits per heavy atom. The summed E-state index contributed by atoms with van der Waals surface area (Å²) >= 11 is 0.695. The monoisotopic (exact) mass is 676 g/mol. The predicted molar refractivity (Wildman–Crippen MR) is 165 cm³/mol. The zero-order valence-electron chi connectivity index (χ0n) is 25.3. The Labute approximate surface area is 269 Å². The number of rotatable bonds is 6. The minimum atomic E-state index is -5.07. The van der Waals surface area contributed by atoms with Crippen molar-refractivity contribution in [2.24, 2.45) is 0 Å². The summed E-state index contributed by atoms with van der Waals surface area (Å²) in [4.78, 5) is 12.6. The Morgan fingerprint density at radius 1 is 1.23 bits per heavy atom. The van der Waals surface area contributed by atoms with Gasteiger partial charge in [0.2, 0.25) is 0 Å². The van der Waals surface area contributed by atoms with Crippen LogP contribution in [0.1, 0.15) is 43.2 Å². The van der Waals surface area contributed by atoms with Gasteiger partial charge in [0.05, 0.1) is 21.4 Å². The number of nitriles is 1. The molecule has 0 bridgehead atoms. The average molecular weight is 677 g/mol. The van der Waals surface area contributed by atoms with Crippen LogP contribution >= 0.6 is 11.3 Å². The first-order valence-electron chi connectivity index (χ1n) is 15.3. The molecule has 47 heavy (non-hydrogen) atoms. The van der Waals surface area contributed by atoms with Gasteiger partial charge in [-0.2, -0.15) is 28.4 Å². The molecule has 2 aromatic heterocycles. The van der Waals surface area contributed by atoms with Crippen LogP contribution in [0, 0.1) is 23.0 Å². The first-order valence-corrected chi connectivity index (χ1v) is 16.1. The maximum absolute atomic E-state index is 16.9. The van der Waals surface area contributed by atoms with Crippen LogP contribution in [0.5, 0.6) is 6.01 Å². The van der Waals surface area contributed by atoms with E-state index in [1.807, 2.05) is 11.0 Å². The lowest BCUT2D eigenvalue weighted by atomic mass is 9.92. The first-order chi connectivity index (χ1) is 22.4. The van der Waals surface area contributed by atoms with Crippen LogP contribution in [0.3, 0.4) is 0 Å². The number of thiophene rings is 1. The van der Waals surface area contributed by atoms with Gasteiger partial charge in [-0.25, -0.2) is 13.2 Å². The van der Waals surface area contributed by atoms with Crippen LogP contribution in [-0.2, 0) is 10.9 Å². The van der Waals surface area contributed by atoms with E-state index in [0.29, 0.717) is 50.4 Å². The van der Waals surface area contributed by atoms with Crippen molar-refractivity contribution < 1.29 is 35.8 Å². The van der Waals surface area contributed by atoms with E-state index in [2.05, 4.69) is 9.97 Å². The molecule has 248 valence electrons. The highest BCUT2D eigenvalue weighted by Crippen LogP contribution is 2.48. The number of nitrogens with two attached hydrogens (primary N) is 1. The van der Waals surface area contributed by atoms with Crippen molar-refractivity contribution in [3.05, 3.63) is 41.0 Å². The van der Waals surface area contributed by atoms with Gasteiger partial charge in [0.1, 0.15) is 41.0 Å². The first kappa shape index (κ1) is 31.7. The molecule has 0 radical (unpaired) electrons. The number of aromatic nitrogens is 2. The summed E-state index contributed by atoms with van der Waals surface area (Å²) in [6, 6.07) is 4.11. The number of benzene rings is 2. The van der Waals surface area contributed by atoms with Crippen LogP contribution in [0.25, 0.3) is 32.1 Å². The molecule has 8 nitrogen and oxygen atoms in total. The molecular weight excluding hydrogens is 646 g/mol. The number of halogens is 6. The van der Waals surface area contributed by atoms with E-state index in [1.165, 1.54) is 0 Å². The number of hydrogen-bond acceptors (Lipinski definition) is 9. The van der Waals surface area contributed by atoms with Crippen LogP contribution in [0.15, 0.2) is 18.2 Å².